The molecular formula is C12H12INS2. The first kappa shape index (κ1) is 12.3. The lowest BCUT2D eigenvalue weighted by Crippen LogP contribution is -3.00. The number of nitrogens with zero attached hydrogens (tertiary/aromatic N) is 1. The van der Waals surface area contributed by atoms with Gasteiger partial charge in [-0.25, -0.2) is 4.58 Å². The molecule has 2 aromatic rings. The molecular weight excluding hydrogens is 349 g/mol. The Kier molecular flexibility index (Phi) is 3.81. The van der Waals surface area contributed by atoms with Crippen molar-refractivity contribution in [1.29, 1.82) is 0 Å². The molecule has 0 amide bonds. The predicted molar refractivity (Wildman–Crippen MR) is 66.6 cm³/mol. The molecule has 0 fully saturated rings. The fraction of sp³-hybridized carbons (Fsp3) is 0.250. The summed E-state index contributed by atoms with van der Waals surface area (Å²) < 4.78 is 2.38. The van der Waals surface area contributed by atoms with Gasteiger partial charge in [-0.3, -0.25) is 0 Å². The quantitative estimate of drug-likeness (QED) is 0.491. The van der Waals surface area contributed by atoms with E-state index in [1.165, 1.54) is 27.5 Å². The number of halogens is 1. The van der Waals surface area contributed by atoms with Gasteiger partial charge in [-0.05, 0) is 22.9 Å². The monoisotopic (exact) mass is 361 g/mol. The van der Waals surface area contributed by atoms with Gasteiger partial charge in [0.05, 0.1) is 10.4 Å². The van der Waals surface area contributed by atoms with Gasteiger partial charge < -0.3 is 24.0 Å². The van der Waals surface area contributed by atoms with E-state index in [-0.39, 0.29) is 24.0 Å². The molecule has 2 aromatic heterocycles. The van der Waals surface area contributed by atoms with Crippen LogP contribution in [0.3, 0.4) is 0 Å². The van der Waals surface area contributed by atoms with Crippen LogP contribution in [-0.4, -0.2) is 23.9 Å². The molecule has 1 aliphatic heterocycles. The molecule has 0 radical (unpaired) electrons. The van der Waals surface area contributed by atoms with Crippen LogP contribution in [0.2, 0.25) is 0 Å². The van der Waals surface area contributed by atoms with Gasteiger partial charge in [0, 0.05) is 11.3 Å². The summed E-state index contributed by atoms with van der Waals surface area (Å²) >= 11 is 3.71. The van der Waals surface area contributed by atoms with Crippen LogP contribution < -0.4 is 24.0 Å². The summed E-state index contributed by atoms with van der Waals surface area (Å²) in [5.41, 5.74) is 2.85. The van der Waals surface area contributed by atoms with E-state index in [0.717, 1.165) is 6.54 Å². The third kappa shape index (κ3) is 1.98. The Bertz CT molecular complexity index is 511. The lowest BCUT2D eigenvalue weighted by molar-refractivity contribution is -0.497. The molecule has 0 bridgehead atoms. The second-order valence-corrected chi connectivity index (χ2v) is 5.70. The van der Waals surface area contributed by atoms with E-state index in [0.29, 0.717) is 0 Å². The maximum atomic E-state index is 2.38. The molecule has 0 aromatic carbocycles. The van der Waals surface area contributed by atoms with Crippen LogP contribution in [0.4, 0.5) is 0 Å². The van der Waals surface area contributed by atoms with Gasteiger partial charge >= 0.3 is 0 Å². The second kappa shape index (κ2) is 4.98. The minimum Gasteiger partial charge on any atom is -1.00 e. The van der Waals surface area contributed by atoms with Gasteiger partial charge in [-0.15, -0.1) is 22.7 Å². The fourth-order valence-electron chi connectivity index (χ4n) is 2.07. The van der Waals surface area contributed by atoms with Crippen molar-refractivity contribution in [2.45, 2.75) is 6.42 Å². The molecule has 0 spiro atoms. The molecule has 0 N–H and O–H groups in total. The van der Waals surface area contributed by atoms with Gasteiger partial charge in [-0.2, -0.15) is 0 Å². The third-order valence-corrected chi connectivity index (χ3v) is 4.67. The Morgan fingerprint density at radius 3 is 2.81 bits per heavy atom. The molecule has 84 valence electrons. The number of rotatable bonds is 1. The maximum absolute atomic E-state index is 2.38. The molecule has 0 saturated carbocycles. The lowest BCUT2D eigenvalue weighted by atomic mass is 10.0. The second-order valence-electron chi connectivity index (χ2n) is 3.75. The maximum Gasteiger partial charge on any atom is 0.225 e. The van der Waals surface area contributed by atoms with E-state index in [9.17, 15) is 0 Å². The van der Waals surface area contributed by atoms with E-state index in [2.05, 4.69) is 40.6 Å². The summed E-state index contributed by atoms with van der Waals surface area (Å²) in [5, 5.41) is 4.36. The van der Waals surface area contributed by atoms with Gasteiger partial charge in [0.15, 0.2) is 0 Å². The SMILES string of the molecule is C[N+]1=C(c2cccs2)c2ccsc2CC1.[I-]. The van der Waals surface area contributed by atoms with Crippen molar-refractivity contribution in [2.75, 3.05) is 13.6 Å². The van der Waals surface area contributed by atoms with E-state index >= 15 is 0 Å². The summed E-state index contributed by atoms with van der Waals surface area (Å²) in [6.45, 7) is 1.14. The molecule has 0 atom stereocenters. The van der Waals surface area contributed by atoms with Crippen LogP contribution in [0.25, 0.3) is 0 Å². The van der Waals surface area contributed by atoms with E-state index < -0.39 is 0 Å². The Hall–Kier alpha value is -0.200. The van der Waals surface area contributed by atoms with E-state index in [1.54, 1.807) is 0 Å². The number of likely N-dealkylation sites (N-methyl/N-ethyl adjacent to an activating group) is 1. The van der Waals surface area contributed by atoms with Crippen molar-refractivity contribution in [3.63, 3.8) is 0 Å². The summed E-state index contributed by atoms with van der Waals surface area (Å²) in [7, 11) is 2.19. The summed E-state index contributed by atoms with van der Waals surface area (Å²) in [6, 6.07) is 6.59. The van der Waals surface area contributed by atoms with Crippen LogP contribution in [0.5, 0.6) is 0 Å². The minimum absolute atomic E-state index is 0. The third-order valence-electron chi connectivity index (χ3n) is 2.81. The number of fused-ring (bicyclic) bond motifs is 1. The standard InChI is InChI=1S/C12H12NS2.HI/c1-13-6-4-10-9(5-8-15-10)12(13)11-3-2-7-14-11;/h2-3,5,7-8H,4,6H2,1H3;1H/q+1;/p-1. The van der Waals surface area contributed by atoms with E-state index in [1.807, 2.05) is 22.7 Å². The first-order valence-electron chi connectivity index (χ1n) is 5.05. The molecule has 0 aliphatic carbocycles. The first-order valence-corrected chi connectivity index (χ1v) is 6.81. The summed E-state index contributed by atoms with van der Waals surface area (Å²) in [4.78, 5) is 2.92. The molecule has 3 rings (SSSR count). The number of thiophene rings is 2. The molecule has 1 aliphatic rings. The topological polar surface area (TPSA) is 3.01 Å². The number of hydrogen-bond donors (Lipinski definition) is 0. The van der Waals surface area contributed by atoms with Crippen molar-refractivity contribution in [3.05, 3.63) is 44.3 Å². The van der Waals surface area contributed by atoms with Crippen LogP contribution in [0, 0.1) is 0 Å². The van der Waals surface area contributed by atoms with Gasteiger partial charge in [0.25, 0.3) is 0 Å². The molecule has 0 saturated heterocycles. The fourth-order valence-corrected chi connectivity index (χ4v) is 3.77. The zero-order chi connectivity index (χ0) is 10.3. The zero-order valence-electron chi connectivity index (χ0n) is 8.94. The normalized spacial score (nSPS) is 14.6. The average molecular weight is 361 g/mol. The highest BCUT2D eigenvalue weighted by molar-refractivity contribution is 7.13. The minimum atomic E-state index is 0. The Morgan fingerprint density at radius 2 is 2.06 bits per heavy atom. The highest BCUT2D eigenvalue weighted by Crippen LogP contribution is 2.26. The summed E-state index contributed by atoms with van der Waals surface area (Å²) in [5.74, 6) is 0. The van der Waals surface area contributed by atoms with Gasteiger partial charge in [-0.1, -0.05) is 6.07 Å². The van der Waals surface area contributed by atoms with Crippen molar-refractivity contribution in [1.82, 2.24) is 0 Å². The molecule has 16 heavy (non-hydrogen) atoms. The highest BCUT2D eigenvalue weighted by Gasteiger charge is 2.26. The summed E-state index contributed by atoms with van der Waals surface area (Å²) in [6.07, 6.45) is 1.19. The van der Waals surface area contributed by atoms with Crippen LogP contribution in [0.1, 0.15) is 15.3 Å². The molecule has 0 unspecified atom stereocenters. The highest BCUT2D eigenvalue weighted by atomic mass is 127. The Morgan fingerprint density at radius 1 is 1.19 bits per heavy atom. The van der Waals surface area contributed by atoms with Crippen LogP contribution in [0.15, 0.2) is 29.0 Å². The van der Waals surface area contributed by atoms with E-state index in [4.69, 9.17) is 0 Å². The lowest BCUT2D eigenvalue weighted by Gasteiger charge is -2.11. The number of hydrogen-bond acceptors (Lipinski definition) is 2. The van der Waals surface area contributed by atoms with Gasteiger partial charge in [0.1, 0.15) is 13.6 Å². The largest absolute Gasteiger partial charge is 1.00 e. The Balaban J connectivity index is 0.000000963. The zero-order valence-corrected chi connectivity index (χ0v) is 12.7. The van der Waals surface area contributed by atoms with Crippen molar-refractivity contribution in [3.8, 4) is 0 Å². The van der Waals surface area contributed by atoms with Crippen molar-refractivity contribution < 1.29 is 28.6 Å². The average Bonchev–Trinajstić information content (AvgIpc) is 2.85. The first-order chi connectivity index (χ1) is 7.36. The van der Waals surface area contributed by atoms with Crippen LogP contribution in [-0.2, 0) is 6.42 Å². The van der Waals surface area contributed by atoms with Crippen LogP contribution >= 0.6 is 22.7 Å². The molecule has 3 heterocycles. The smallest absolute Gasteiger partial charge is 0.225 e. The molecule has 1 nitrogen and oxygen atoms in total. The van der Waals surface area contributed by atoms with Crippen molar-refractivity contribution >= 4 is 28.4 Å². The molecule has 4 heteroatoms. The van der Waals surface area contributed by atoms with Gasteiger partial charge in [0.2, 0.25) is 5.71 Å². The Labute approximate surface area is 120 Å². The predicted octanol–water partition coefficient (Wildman–Crippen LogP) is -0.151. The van der Waals surface area contributed by atoms with Crippen molar-refractivity contribution in [2.24, 2.45) is 0 Å².